The van der Waals surface area contributed by atoms with Crippen molar-refractivity contribution < 1.29 is 22.7 Å². The molecule has 3 rings (SSSR count). The van der Waals surface area contributed by atoms with Gasteiger partial charge >= 0.3 is 5.97 Å². The second-order valence-electron chi connectivity index (χ2n) is 7.32. The second-order valence-corrected chi connectivity index (χ2v) is 9.52. The first kappa shape index (κ1) is 20.8. The van der Waals surface area contributed by atoms with Crippen molar-refractivity contribution in [3.05, 3.63) is 48.3 Å². The van der Waals surface area contributed by atoms with E-state index in [0.717, 1.165) is 3.97 Å². The molecule has 1 aliphatic rings. The molecule has 154 valence electrons. The van der Waals surface area contributed by atoms with Crippen LogP contribution in [0.3, 0.4) is 0 Å². The van der Waals surface area contributed by atoms with Gasteiger partial charge in [-0.1, -0.05) is 31.2 Å². The smallest absolute Gasteiger partial charge is 0.308 e. The Morgan fingerprint density at radius 3 is 2.59 bits per heavy atom. The first-order valence-corrected chi connectivity index (χ1v) is 10.5. The monoisotopic (exact) mass is 417 g/mol. The number of carbonyl (C=O) groups excluding carboxylic acids is 2. The molecule has 1 amide bonds. The van der Waals surface area contributed by atoms with Crippen LogP contribution in [0.1, 0.15) is 20.8 Å². The van der Waals surface area contributed by atoms with Gasteiger partial charge < -0.3 is 9.64 Å². The van der Waals surface area contributed by atoms with Crippen molar-refractivity contribution in [2.24, 2.45) is 5.92 Å². The van der Waals surface area contributed by atoms with Gasteiger partial charge in [0, 0.05) is 26.6 Å². The Bertz CT molecular complexity index is 1160. The summed E-state index contributed by atoms with van der Waals surface area (Å²) in [6, 6.07) is 4.71. The molecule has 2 atom stereocenters. The summed E-state index contributed by atoms with van der Waals surface area (Å²) < 4.78 is 32.4. The van der Waals surface area contributed by atoms with Crippen LogP contribution in [0.2, 0.25) is 0 Å². The number of benzene rings is 1. The fraction of sp³-hybridized carbons (Fsp3) is 0.350. The summed E-state index contributed by atoms with van der Waals surface area (Å²) >= 11 is 0. The number of imidazole rings is 1. The molecule has 0 bridgehead atoms. The van der Waals surface area contributed by atoms with Crippen molar-refractivity contribution in [2.75, 3.05) is 14.1 Å². The zero-order chi connectivity index (χ0) is 21.6. The molecular formula is C20H23N3O5S. The van der Waals surface area contributed by atoms with Crippen LogP contribution in [0.15, 0.2) is 48.3 Å². The molecule has 2 aromatic rings. The summed E-state index contributed by atoms with van der Waals surface area (Å²) in [5.74, 6) is -1.21. The second kappa shape index (κ2) is 7.14. The molecule has 29 heavy (non-hydrogen) atoms. The Labute approximate surface area is 169 Å². The molecular weight excluding hydrogens is 394 g/mol. The molecule has 8 nitrogen and oxygen atoms in total. The van der Waals surface area contributed by atoms with Crippen LogP contribution in [0.4, 0.5) is 0 Å². The minimum atomic E-state index is -4.12. The maximum absolute atomic E-state index is 13.8. The van der Waals surface area contributed by atoms with Gasteiger partial charge in [-0.3, -0.25) is 9.59 Å². The van der Waals surface area contributed by atoms with E-state index in [1.54, 1.807) is 64.4 Å². The number of ether oxygens (including phenoxy) is 1. The minimum absolute atomic E-state index is 0.172. The van der Waals surface area contributed by atoms with Crippen molar-refractivity contribution in [1.82, 2.24) is 13.9 Å². The molecule has 1 aromatic carbocycles. The number of carbonyl (C=O) groups is 2. The van der Waals surface area contributed by atoms with E-state index in [-0.39, 0.29) is 28.3 Å². The van der Waals surface area contributed by atoms with E-state index >= 15 is 0 Å². The average molecular weight is 417 g/mol. The molecule has 0 N–H and O–H groups in total. The highest BCUT2D eigenvalue weighted by Crippen LogP contribution is 2.41. The van der Waals surface area contributed by atoms with Crippen molar-refractivity contribution in [1.29, 1.82) is 0 Å². The lowest BCUT2D eigenvalue weighted by Crippen LogP contribution is -2.50. The molecule has 9 heteroatoms. The molecule has 0 fully saturated rings. The standard InChI is InChI=1S/C20H23N3O5S/c1-13-8-6-9-15(19(25)22(4)5)20(13,3)29(26,27)23-12-21-18-16(23)10-7-11-17(18)28-14(2)24/h6-13H,1-5H3. The number of hydrogen-bond acceptors (Lipinski definition) is 6. The van der Waals surface area contributed by atoms with Crippen LogP contribution < -0.4 is 4.74 Å². The van der Waals surface area contributed by atoms with E-state index < -0.39 is 26.7 Å². The Hall–Kier alpha value is -2.94. The molecule has 2 unspecified atom stereocenters. The Morgan fingerprint density at radius 2 is 1.97 bits per heavy atom. The third-order valence-electron chi connectivity index (χ3n) is 5.26. The van der Waals surface area contributed by atoms with Gasteiger partial charge in [-0.05, 0) is 25.0 Å². The molecule has 0 saturated heterocycles. The molecule has 0 spiro atoms. The number of esters is 1. The fourth-order valence-electron chi connectivity index (χ4n) is 3.43. The number of aromatic nitrogens is 2. The van der Waals surface area contributed by atoms with E-state index in [1.165, 1.54) is 18.2 Å². The summed E-state index contributed by atoms with van der Waals surface area (Å²) in [6.07, 6.45) is 6.18. The first-order valence-electron chi connectivity index (χ1n) is 9.02. The van der Waals surface area contributed by atoms with Gasteiger partial charge in [0.05, 0.1) is 5.52 Å². The molecule has 1 aromatic heterocycles. The van der Waals surface area contributed by atoms with Crippen molar-refractivity contribution in [2.45, 2.75) is 25.5 Å². The highest BCUT2D eigenvalue weighted by Gasteiger charge is 2.51. The maximum atomic E-state index is 13.8. The van der Waals surface area contributed by atoms with E-state index in [2.05, 4.69) is 4.98 Å². The van der Waals surface area contributed by atoms with Gasteiger partial charge in [0.1, 0.15) is 16.6 Å². The summed E-state index contributed by atoms with van der Waals surface area (Å²) in [5.41, 5.74) is 0.692. The molecule has 1 heterocycles. The third kappa shape index (κ3) is 3.15. The van der Waals surface area contributed by atoms with E-state index in [1.807, 2.05) is 0 Å². The maximum Gasteiger partial charge on any atom is 0.308 e. The SMILES string of the molecule is CC(=O)Oc1cccc2c1ncn2S(=O)(=O)C1(C)C(C(=O)N(C)C)=CC=CC1C. The Balaban J connectivity index is 2.22. The van der Waals surface area contributed by atoms with Crippen LogP contribution in [-0.2, 0) is 19.6 Å². The quantitative estimate of drug-likeness (QED) is 0.558. The topological polar surface area (TPSA) is 98.6 Å². The van der Waals surface area contributed by atoms with Gasteiger partial charge in [0.15, 0.2) is 5.75 Å². The molecule has 0 radical (unpaired) electrons. The van der Waals surface area contributed by atoms with Crippen molar-refractivity contribution in [3.63, 3.8) is 0 Å². The largest absolute Gasteiger partial charge is 0.424 e. The number of para-hydroxylation sites is 1. The molecule has 0 aliphatic heterocycles. The summed E-state index contributed by atoms with van der Waals surface area (Å²) in [4.78, 5) is 29.7. The lowest BCUT2D eigenvalue weighted by Gasteiger charge is -2.38. The van der Waals surface area contributed by atoms with Crippen LogP contribution in [-0.4, -0.2) is 53.0 Å². The van der Waals surface area contributed by atoms with E-state index in [0.29, 0.717) is 0 Å². The number of hydrogen-bond donors (Lipinski definition) is 0. The molecule has 1 aliphatic carbocycles. The Morgan fingerprint density at radius 1 is 1.28 bits per heavy atom. The summed E-state index contributed by atoms with van der Waals surface area (Å²) in [6.45, 7) is 4.56. The normalized spacial score (nSPS) is 21.7. The lowest BCUT2D eigenvalue weighted by atomic mass is 9.83. The number of allylic oxidation sites excluding steroid dienone is 3. The van der Waals surface area contributed by atoms with Crippen LogP contribution in [0.25, 0.3) is 11.0 Å². The van der Waals surface area contributed by atoms with Gasteiger partial charge in [-0.15, -0.1) is 0 Å². The van der Waals surface area contributed by atoms with Crippen LogP contribution >= 0.6 is 0 Å². The van der Waals surface area contributed by atoms with Gasteiger partial charge in [0.25, 0.3) is 15.9 Å². The number of rotatable bonds is 4. The number of amides is 1. The zero-order valence-electron chi connectivity index (χ0n) is 16.9. The highest BCUT2D eigenvalue weighted by molar-refractivity contribution is 7.91. The summed E-state index contributed by atoms with van der Waals surface area (Å²) in [7, 11) is -0.959. The first-order chi connectivity index (χ1) is 13.5. The minimum Gasteiger partial charge on any atom is -0.424 e. The van der Waals surface area contributed by atoms with Crippen molar-refractivity contribution >= 4 is 32.9 Å². The molecule has 0 saturated carbocycles. The third-order valence-corrected chi connectivity index (χ3v) is 7.73. The summed E-state index contributed by atoms with van der Waals surface area (Å²) in [5, 5.41) is 0. The number of likely N-dealkylation sites (N-methyl/N-ethyl adjacent to an activating group) is 1. The highest BCUT2D eigenvalue weighted by atomic mass is 32.2. The predicted octanol–water partition coefficient (Wildman–Crippen LogP) is 2.12. The van der Waals surface area contributed by atoms with E-state index in [4.69, 9.17) is 4.74 Å². The predicted molar refractivity (Wildman–Crippen MR) is 109 cm³/mol. The van der Waals surface area contributed by atoms with Crippen LogP contribution in [0, 0.1) is 5.92 Å². The van der Waals surface area contributed by atoms with E-state index in [9.17, 15) is 18.0 Å². The average Bonchev–Trinajstić information content (AvgIpc) is 3.08. The van der Waals surface area contributed by atoms with Gasteiger partial charge in [-0.2, -0.15) is 0 Å². The number of fused-ring (bicyclic) bond motifs is 1. The lowest BCUT2D eigenvalue weighted by molar-refractivity contribution is -0.131. The Kier molecular flexibility index (Phi) is 5.12. The van der Waals surface area contributed by atoms with Crippen molar-refractivity contribution in [3.8, 4) is 5.75 Å². The van der Waals surface area contributed by atoms with Crippen LogP contribution in [0.5, 0.6) is 5.75 Å². The number of nitrogens with zero attached hydrogens (tertiary/aromatic N) is 3. The van der Waals surface area contributed by atoms with Gasteiger partial charge in [0.2, 0.25) is 0 Å². The fourth-order valence-corrected chi connectivity index (χ4v) is 5.40. The zero-order valence-corrected chi connectivity index (χ0v) is 17.7. The van der Waals surface area contributed by atoms with Gasteiger partial charge in [-0.25, -0.2) is 17.4 Å².